The predicted octanol–water partition coefficient (Wildman–Crippen LogP) is 0.611. The minimum atomic E-state index is -0.383. The first-order valence-electron chi connectivity index (χ1n) is 4.27. The van der Waals surface area contributed by atoms with Gasteiger partial charge in [-0.05, 0) is 13.3 Å². The lowest BCUT2D eigenvalue weighted by Gasteiger charge is -2.16. The number of carbonyl (C=O) groups excluding carboxylic acids is 1. The van der Waals surface area contributed by atoms with Crippen molar-refractivity contribution in [1.29, 1.82) is 5.26 Å². The molecule has 0 unspecified atom stereocenters. The molecule has 1 amide bonds. The Hall–Kier alpha value is -1.50. The Balaban J connectivity index is 4.34. The van der Waals surface area contributed by atoms with Crippen LogP contribution in [0.25, 0.3) is 0 Å². The van der Waals surface area contributed by atoms with E-state index in [1.54, 1.807) is 11.1 Å². The van der Waals surface area contributed by atoms with E-state index in [1.807, 2.05) is 13.8 Å². The maximum absolute atomic E-state index is 10.6. The number of rotatable bonds is 5. The van der Waals surface area contributed by atoms with E-state index in [0.717, 1.165) is 0 Å². The average Bonchev–Trinajstić information content (AvgIpc) is 2.11. The van der Waals surface area contributed by atoms with Gasteiger partial charge in [-0.3, -0.25) is 4.79 Å². The summed E-state index contributed by atoms with van der Waals surface area (Å²) in [6.45, 7) is 4.65. The zero-order valence-corrected chi connectivity index (χ0v) is 8.08. The van der Waals surface area contributed by atoms with Crippen LogP contribution in [0.2, 0.25) is 0 Å². The molecule has 0 aliphatic carbocycles. The molecule has 0 fully saturated rings. The molecule has 13 heavy (non-hydrogen) atoms. The minimum Gasteiger partial charge on any atom is -0.368 e. The van der Waals surface area contributed by atoms with E-state index >= 15 is 0 Å². The summed E-state index contributed by atoms with van der Waals surface area (Å²) in [4.78, 5) is 12.3. The van der Waals surface area contributed by atoms with Crippen molar-refractivity contribution >= 4 is 5.91 Å². The van der Waals surface area contributed by atoms with E-state index in [-0.39, 0.29) is 12.5 Å². The average molecular weight is 181 g/mol. The highest BCUT2D eigenvalue weighted by Gasteiger charge is 2.02. The fraction of sp³-hybridized carbons (Fsp3) is 0.556. The number of hydrogen-bond acceptors (Lipinski definition) is 3. The smallest absolute Gasteiger partial charge is 0.236 e. The maximum Gasteiger partial charge on any atom is 0.236 e. The molecular formula is C9H15N3O. The molecular weight excluding hydrogens is 166 g/mol. The first-order valence-corrected chi connectivity index (χ1v) is 4.27. The number of amides is 1. The molecule has 0 rings (SSSR count). The highest BCUT2D eigenvalue weighted by Crippen LogP contribution is 2.00. The van der Waals surface area contributed by atoms with Gasteiger partial charge in [0.05, 0.1) is 12.6 Å². The van der Waals surface area contributed by atoms with Crippen LogP contribution < -0.4 is 5.73 Å². The molecule has 0 saturated heterocycles. The number of carbonyl (C=O) groups is 1. The Kier molecular flexibility index (Phi) is 5.37. The van der Waals surface area contributed by atoms with Crippen molar-refractivity contribution in [2.45, 2.75) is 20.3 Å². The largest absolute Gasteiger partial charge is 0.368 e. The second kappa shape index (κ2) is 6.06. The van der Waals surface area contributed by atoms with Gasteiger partial charge >= 0.3 is 0 Å². The number of allylic oxidation sites excluding steroid dienone is 1. The van der Waals surface area contributed by atoms with Gasteiger partial charge in [0.15, 0.2) is 0 Å². The number of primary amides is 1. The molecule has 0 aromatic carbocycles. The first kappa shape index (κ1) is 11.5. The van der Waals surface area contributed by atoms with Gasteiger partial charge in [-0.1, -0.05) is 6.92 Å². The van der Waals surface area contributed by atoms with E-state index < -0.39 is 0 Å². The summed E-state index contributed by atoms with van der Waals surface area (Å²) in [5.74, 6) is -0.383. The highest BCUT2D eigenvalue weighted by molar-refractivity contribution is 5.76. The molecule has 4 heteroatoms. The first-order chi connectivity index (χ1) is 6.13. The minimum absolute atomic E-state index is 0.168. The predicted molar refractivity (Wildman–Crippen MR) is 50.4 cm³/mol. The third-order valence-electron chi connectivity index (χ3n) is 1.63. The number of hydrogen-bond donors (Lipinski definition) is 1. The van der Waals surface area contributed by atoms with Crippen molar-refractivity contribution in [3.63, 3.8) is 0 Å². The van der Waals surface area contributed by atoms with Crippen molar-refractivity contribution in [3.05, 3.63) is 11.8 Å². The quantitative estimate of drug-likeness (QED) is 0.632. The fourth-order valence-corrected chi connectivity index (χ4v) is 0.868. The van der Waals surface area contributed by atoms with Gasteiger partial charge in [-0.15, -0.1) is 0 Å². The number of nitriles is 1. The third-order valence-corrected chi connectivity index (χ3v) is 1.63. The molecule has 0 bridgehead atoms. The zero-order valence-electron chi connectivity index (χ0n) is 8.08. The standard InChI is InChI=1S/C9H15N3O/c1-3-8(5-10)6-12(4-2)7-9(11)13/h6H,3-4,7H2,1-2H3,(H2,11,13). The molecule has 72 valence electrons. The summed E-state index contributed by atoms with van der Waals surface area (Å²) in [6.07, 6.45) is 2.36. The fourth-order valence-electron chi connectivity index (χ4n) is 0.868. The lowest BCUT2D eigenvalue weighted by Crippen LogP contribution is -2.30. The summed E-state index contributed by atoms with van der Waals surface area (Å²) in [7, 11) is 0. The lowest BCUT2D eigenvalue weighted by atomic mass is 10.2. The van der Waals surface area contributed by atoms with Crippen molar-refractivity contribution in [3.8, 4) is 6.07 Å². The molecule has 0 aromatic heterocycles. The molecule has 0 aromatic rings. The SMILES string of the molecule is CCC(C#N)=CN(CC)CC(N)=O. The van der Waals surface area contributed by atoms with Gasteiger partial charge in [-0.25, -0.2) is 0 Å². The Bertz CT molecular complexity index is 240. The van der Waals surface area contributed by atoms with E-state index in [0.29, 0.717) is 18.5 Å². The van der Waals surface area contributed by atoms with Crippen LogP contribution in [0.5, 0.6) is 0 Å². The topological polar surface area (TPSA) is 70.1 Å². The highest BCUT2D eigenvalue weighted by atomic mass is 16.1. The molecule has 0 aliphatic rings. The van der Waals surface area contributed by atoms with E-state index in [1.165, 1.54) is 0 Å². The summed E-state index contributed by atoms with van der Waals surface area (Å²) < 4.78 is 0. The lowest BCUT2D eigenvalue weighted by molar-refractivity contribution is -0.118. The van der Waals surface area contributed by atoms with Crippen LogP contribution in [-0.2, 0) is 4.79 Å². The van der Waals surface area contributed by atoms with Crippen LogP contribution in [0.1, 0.15) is 20.3 Å². The van der Waals surface area contributed by atoms with Crippen LogP contribution in [0.3, 0.4) is 0 Å². The summed E-state index contributed by atoms with van der Waals surface area (Å²) in [5, 5.41) is 8.64. The van der Waals surface area contributed by atoms with E-state index in [4.69, 9.17) is 11.0 Å². The van der Waals surface area contributed by atoms with E-state index in [2.05, 4.69) is 6.07 Å². The van der Waals surface area contributed by atoms with Crippen LogP contribution in [-0.4, -0.2) is 23.9 Å². The second-order valence-corrected chi connectivity index (χ2v) is 2.65. The van der Waals surface area contributed by atoms with Crippen LogP contribution in [0.4, 0.5) is 0 Å². The molecule has 0 aliphatic heterocycles. The maximum atomic E-state index is 10.6. The number of nitrogens with two attached hydrogens (primary N) is 1. The van der Waals surface area contributed by atoms with Crippen LogP contribution in [0.15, 0.2) is 11.8 Å². The summed E-state index contributed by atoms with van der Waals surface area (Å²) in [6, 6.07) is 2.06. The zero-order chi connectivity index (χ0) is 10.3. The molecule has 2 N–H and O–H groups in total. The van der Waals surface area contributed by atoms with Gasteiger partial charge < -0.3 is 10.6 Å². The molecule has 0 atom stereocenters. The molecule has 0 radical (unpaired) electrons. The van der Waals surface area contributed by atoms with Crippen molar-refractivity contribution in [2.24, 2.45) is 5.73 Å². The van der Waals surface area contributed by atoms with Gasteiger partial charge in [-0.2, -0.15) is 5.26 Å². The van der Waals surface area contributed by atoms with Crippen molar-refractivity contribution < 1.29 is 4.79 Å². The molecule has 0 spiro atoms. The van der Waals surface area contributed by atoms with Crippen molar-refractivity contribution in [1.82, 2.24) is 4.90 Å². The third kappa shape index (κ3) is 4.86. The molecule has 0 saturated carbocycles. The normalized spacial score (nSPS) is 10.7. The monoisotopic (exact) mass is 181 g/mol. The second-order valence-electron chi connectivity index (χ2n) is 2.65. The summed E-state index contributed by atoms with van der Waals surface area (Å²) >= 11 is 0. The van der Waals surface area contributed by atoms with E-state index in [9.17, 15) is 4.79 Å². The Morgan fingerprint density at radius 3 is 2.54 bits per heavy atom. The van der Waals surface area contributed by atoms with Gasteiger partial charge in [0.25, 0.3) is 0 Å². The molecule has 0 heterocycles. The van der Waals surface area contributed by atoms with Gasteiger partial charge in [0.1, 0.15) is 0 Å². The number of nitrogens with zero attached hydrogens (tertiary/aromatic N) is 2. The van der Waals surface area contributed by atoms with Gasteiger partial charge in [0.2, 0.25) is 5.91 Å². The van der Waals surface area contributed by atoms with Gasteiger partial charge in [0, 0.05) is 18.3 Å². The van der Waals surface area contributed by atoms with Crippen LogP contribution >= 0.6 is 0 Å². The molecule has 4 nitrogen and oxygen atoms in total. The van der Waals surface area contributed by atoms with Crippen LogP contribution in [0, 0.1) is 11.3 Å². The Morgan fingerprint density at radius 1 is 1.62 bits per heavy atom. The Labute approximate surface area is 78.6 Å². The van der Waals surface area contributed by atoms with Crippen molar-refractivity contribution in [2.75, 3.05) is 13.1 Å². The Morgan fingerprint density at radius 2 is 2.23 bits per heavy atom. The number of likely N-dealkylation sites (N-methyl/N-ethyl adjacent to an activating group) is 1. The summed E-state index contributed by atoms with van der Waals surface area (Å²) in [5.41, 5.74) is 5.69.